The zero-order valence-electron chi connectivity index (χ0n) is 11.3. The molecule has 0 N–H and O–H groups in total. The second-order valence-corrected chi connectivity index (χ2v) is 5.11. The van der Waals surface area contributed by atoms with Crippen molar-refractivity contribution in [3.8, 4) is 0 Å². The average Bonchev–Trinajstić information content (AvgIpc) is 3.09. The summed E-state index contributed by atoms with van der Waals surface area (Å²) in [5.41, 5.74) is 2.16. The minimum atomic E-state index is 0.178. The number of hydrogen-bond acceptors (Lipinski definition) is 2. The topological polar surface area (TPSA) is 38.1 Å². The Morgan fingerprint density at radius 3 is 2.75 bits per heavy atom. The van der Waals surface area contributed by atoms with E-state index in [4.69, 9.17) is 0 Å². The first-order valence-corrected chi connectivity index (χ1v) is 6.74. The maximum Gasteiger partial charge on any atom is 0.227 e. The molecule has 1 saturated heterocycles. The summed E-state index contributed by atoms with van der Waals surface area (Å²) in [6.07, 6.45) is 7.94. The summed E-state index contributed by atoms with van der Waals surface area (Å²) >= 11 is 0. The predicted octanol–water partition coefficient (Wildman–Crippen LogP) is 2.47. The molecule has 2 aromatic rings. The molecule has 1 aliphatic heterocycles. The van der Waals surface area contributed by atoms with Crippen LogP contribution >= 0.6 is 0 Å². The first kappa shape index (κ1) is 12.7. The quantitative estimate of drug-likeness (QED) is 0.798. The van der Waals surface area contributed by atoms with Gasteiger partial charge in [0.25, 0.3) is 0 Å². The van der Waals surface area contributed by atoms with Crippen molar-refractivity contribution in [1.82, 2.24) is 9.55 Å². The highest BCUT2D eigenvalue weighted by molar-refractivity contribution is 5.95. The van der Waals surface area contributed by atoms with Crippen molar-refractivity contribution >= 4 is 11.6 Å². The highest BCUT2D eigenvalue weighted by Crippen LogP contribution is 2.25. The molecule has 2 heterocycles. The number of aromatic nitrogens is 2. The Kier molecular flexibility index (Phi) is 3.37. The molecule has 4 heteroatoms. The summed E-state index contributed by atoms with van der Waals surface area (Å²) in [5.74, 6) is 0.449. The molecule has 1 atom stereocenters. The van der Waals surface area contributed by atoms with Gasteiger partial charge >= 0.3 is 0 Å². The first-order chi connectivity index (χ1) is 9.76. The van der Waals surface area contributed by atoms with Crippen LogP contribution in [0, 0.1) is 5.92 Å². The van der Waals surface area contributed by atoms with Crippen molar-refractivity contribution in [1.29, 1.82) is 0 Å². The van der Waals surface area contributed by atoms with Crippen LogP contribution in [0.2, 0.25) is 0 Å². The summed E-state index contributed by atoms with van der Waals surface area (Å²) in [4.78, 5) is 17.8. The summed E-state index contributed by atoms with van der Waals surface area (Å²) in [6.45, 7) is 5.31. The number of imidazole rings is 1. The van der Waals surface area contributed by atoms with Crippen LogP contribution in [-0.4, -0.2) is 22.0 Å². The average molecular weight is 267 g/mol. The van der Waals surface area contributed by atoms with Gasteiger partial charge in [0.15, 0.2) is 0 Å². The number of carbonyl (C=O) groups is 1. The molecule has 102 valence electrons. The molecule has 4 nitrogen and oxygen atoms in total. The van der Waals surface area contributed by atoms with Gasteiger partial charge < -0.3 is 9.47 Å². The number of carbonyl (C=O) groups excluding carboxylic acids is 1. The molecule has 1 unspecified atom stereocenters. The molecule has 0 saturated carbocycles. The van der Waals surface area contributed by atoms with E-state index in [9.17, 15) is 4.79 Å². The van der Waals surface area contributed by atoms with E-state index in [1.165, 1.54) is 5.56 Å². The van der Waals surface area contributed by atoms with Crippen LogP contribution in [0.3, 0.4) is 0 Å². The van der Waals surface area contributed by atoms with E-state index in [2.05, 4.69) is 23.7 Å². The number of rotatable bonds is 4. The molecule has 3 rings (SSSR count). The van der Waals surface area contributed by atoms with E-state index in [1.54, 1.807) is 12.5 Å². The van der Waals surface area contributed by atoms with Crippen LogP contribution in [-0.2, 0) is 11.3 Å². The fourth-order valence-corrected chi connectivity index (χ4v) is 2.52. The van der Waals surface area contributed by atoms with Gasteiger partial charge in [-0.1, -0.05) is 18.2 Å². The van der Waals surface area contributed by atoms with E-state index >= 15 is 0 Å². The standard InChI is InChI=1S/C16H17N3O/c1-2-13-9-16(20)19(11-13)15-5-3-14(4-6-15)10-18-8-7-17-12-18/h2-8,12-13H,1,9-11H2. The first-order valence-electron chi connectivity index (χ1n) is 6.74. The van der Waals surface area contributed by atoms with Crippen LogP contribution in [0.5, 0.6) is 0 Å². The molecule has 0 spiro atoms. The predicted molar refractivity (Wildman–Crippen MR) is 78.4 cm³/mol. The molecule has 1 amide bonds. The van der Waals surface area contributed by atoms with Crippen LogP contribution in [0.25, 0.3) is 0 Å². The van der Waals surface area contributed by atoms with Crippen molar-refractivity contribution in [3.05, 3.63) is 61.2 Å². The van der Waals surface area contributed by atoms with E-state index in [0.717, 1.165) is 18.8 Å². The second-order valence-electron chi connectivity index (χ2n) is 5.11. The molecular weight excluding hydrogens is 250 g/mol. The lowest BCUT2D eigenvalue weighted by Gasteiger charge is -2.16. The van der Waals surface area contributed by atoms with Crippen LogP contribution in [0.15, 0.2) is 55.6 Å². The molecule has 1 fully saturated rings. The van der Waals surface area contributed by atoms with Gasteiger partial charge in [-0.3, -0.25) is 4.79 Å². The van der Waals surface area contributed by atoms with E-state index in [-0.39, 0.29) is 11.8 Å². The third-order valence-electron chi connectivity index (χ3n) is 3.66. The van der Waals surface area contributed by atoms with Crippen molar-refractivity contribution in [3.63, 3.8) is 0 Å². The number of benzene rings is 1. The summed E-state index contributed by atoms with van der Waals surface area (Å²) in [5, 5.41) is 0. The van der Waals surface area contributed by atoms with Gasteiger partial charge in [-0.2, -0.15) is 0 Å². The highest BCUT2D eigenvalue weighted by atomic mass is 16.2. The number of anilines is 1. The van der Waals surface area contributed by atoms with Gasteiger partial charge in [-0.05, 0) is 17.7 Å². The maximum absolute atomic E-state index is 12.0. The number of nitrogens with zero attached hydrogens (tertiary/aromatic N) is 3. The Bertz CT molecular complexity index is 601. The highest BCUT2D eigenvalue weighted by Gasteiger charge is 2.28. The lowest BCUT2D eigenvalue weighted by Crippen LogP contribution is -2.24. The van der Waals surface area contributed by atoms with Gasteiger partial charge in [0.1, 0.15) is 0 Å². The summed E-state index contributed by atoms with van der Waals surface area (Å²) < 4.78 is 2.02. The van der Waals surface area contributed by atoms with Gasteiger partial charge in [-0.15, -0.1) is 6.58 Å². The smallest absolute Gasteiger partial charge is 0.227 e. The fourth-order valence-electron chi connectivity index (χ4n) is 2.52. The monoisotopic (exact) mass is 267 g/mol. The lowest BCUT2D eigenvalue weighted by molar-refractivity contribution is -0.117. The van der Waals surface area contributed by atoms with Gasteiger partial charge in [-0.25, -0.2) is 4.98 Å². The Labute approximate surface area is 118 Å². The van der Waals surface area contributed by atoms with Gasteiger partial charge in [0.05, 0.1) is 6.33 Å². The molecule has 0 radical (unpaired) electrons. The fraction of sp³-hybridized carbons (Fsp3) is 0.250. The third-order valence-corrected chi connectivity index (χ3v) is 3.66. The van der Waals surface area contributed by atoms with Crippen LogP contribution in [0.4, 0.5) is 5.69 Å². The summed E-state index contributed by atoms with van der Waals surface area (Å²) in [6, 6.07) is 8.14. The molecule has 0 bridgehead atoms. The van der Waals surface area contributed by atoms with Gasteiger partial charge in [0, 0.05) is 43.5 Å². The zero-order chi connectivity index (χ0) is 13.9. The number of hydrogen-bond donors (Lipinski definition) is 0. The molecule has 1 aliphatic rings. The minimum Gasteiger partial charge on any atom is -0.333 e. The zero-order valence-corrected chi connectivity index (χ0v) is 11.3. The van der Waals surface area contributed by atoms with E-state index in [1.807, 2.05) is 33.9 Å². The summed E-state index contributed by atoms with van der Waals surface area (Å²) in [7, 11) is 0. The minimum absolute atomic E-state index is 0.178. The SMILES string of the molecule is C=CC1CC(=O)N(c2ccc(Cn3ccnc3)cc2)C1. The van der Waals surface area contributed by atoms with Crippen molar-refractivity contribution in [2.45, 2.75) is 13.0 Å². The van der Waals surface area contributed by atoms with E-state index < -0.39 is 0 Å². The lowest BCUT2D eigenvalue weighted by atomic mass is 10.1. The molecular formula is C16H17N3O. The third kappa shape index (κ3) is 2.50. The van der Waals surface area contributed by atoms with Crippen molar-refractivity contribution in [2.75, 3.05) is 11.4 Å². The Hall–Kier alpha value is -2.36. The van der Waals surface area contributed by atoms with Crippen molar-refractivity contribution < 1.29 is 4.79 Å². The molecule has 1 aromatic heterocycles. The Balaban J connectivity index is 1.73. The van der Waals surface area contributed by atoms with Crippen LogP contribution < -0.4 is 4.90 Å². The molecule has 20 heavy (non-hydrogen) atoms. The molecule has 1 aromatic carbocycles. The van der Waals surface area contributed by atoms with Crippen LogP contribution in [0.1, 0.15) is 12.0 Å². The van der Waals surface area contributed by atoms with Crippen molar-refractivity contribution in [2.24, 2.45) is 5.92 Å². The second kappa shape index (κ2) is 5.33. The van der Waals surface area contributed by atoms with E-state index in [0.29, 0.717) is 6.42 Å². The largest absolute Gasteiger partial charge is 0.333 e. The normalized spacial score (nSPS) is 18.5. The Morgan fingerprint density at radius 1 is 1.35 bits per heavy atom. The molecule has 0 aliphatic carbocycles. The number of amides is 1. The maximum atomic E-state index is 12.0. The van der Waals surface area contributed by atoms with Gasteiger partial charge in [0.2, 0.25) is 5.91 Å². The Morgan fingerprint density at radius 2 is 2.15 bits per heavy atom.